The maximum absolute atomic E-state index is 6.08. The van der Waals surface area contributed by atoms with Crippen LogP contribution in [0.3, 0.4) is 0 Å². The van der Waals surface area contributed by atoms with Gasteiger partial charge >= 0.3 is 0 Å². The van der Waals surface area contributed by atoms with Crippen LogP contribution in [0.25, 0.3) is 0 Å². The number of hydrogen-bond donors (Lipinski definition) is 0. The molecule has 7 nitrogen and oxygen atoms in total. The molecule has 3 heterocycles. The summed E-state index contributed by atoms with van der Waals surface area (Å²) in [6.45, 7) is 4.89. The van der Waals surface area contributed by atoms with E-state index >= 15 is 0 Å². The highest BCUT2D eigenvalue weighted by atomic mass is 16.6. The maximum Gasteiger partial charge on any atom is 0.119 e. The van der Waals surface area contributed by atoms with E-state index in [1.807, 2.05) is 0 Å². The van der Waals surface area contributed by atoms with Gasteiger partial charge in [0.15, 0.2) is 0 Å². The summed E-state index contributed by atoms with van der Waals surface area (Å²) in [5, 5.41) is 0. The van der Waals surface area contributed by atoms with Gasteiger partial charge in [0.05, 0.1) is 26.4 Å². The Morgan fingerprint density at radius 3 is 0.827 bits per heavy atom. The molecule has 9 rings (SSSR count). The third-order valence-corrected chi connectivity index (χ3v) is 10.2. The molecule has 4 fully saturated rings. The van der Waals surface area contributed by atoms with Gasteiger partial charge < -0.3 is 33.2 Å². The first-order valence-electron chi connectivity index (χ1n) is 18.6. The zero-order chi connectivity index (χ0) is 34.7. The molecular formula is C45H44O7. The summed E-state index contributed by atoms with van der Waals surface area (Å²) in [5.74, 6) is 4.24. The molecule has 4 atom stereocenters. The lowest BCUT2D eigenvalue weighted by Gasteiger charge is -2.23. The molecule has 0 amide bonds. The van der Waals surface area contributed by atoms with Gasteiger partial charge in [0.1, 0.15) is 61.1 Å². The standard InChI is InChI=1S/C45H44O7/c1-2-30(1)23-46-37-15-7-33(8-16-37)44(34-9-17-38(18-10-34)47-24-41-27-50-41)31-3-5-32(6-4-31)45(35-11-19-39(20-12-35)48-25-42-28-51-42)36-13-21-40(22-14-36)49-26-43-29-52-43/h3-22,30,41-45H,1-2,23-29H2. The molecule has 5 aromatic carbocycles. The minimum Gasteiger partial charge on any atom is -0.493 e. The monoisotopic (exact) mass is 696 g/mol. The summed E-state index contributed by atoms with van der Waals surface area (Å²) in [5.41, 5.74) is 7.21. The Bertz CT molecular complexity index is 1630. The Morgan fingerprint density at radius 1 is 0.365 bits per heavy atom. The lowest BCUT2D eigenvalue weighted by atomic mass is 9.81. The summed E-state index contributed by atoms with van der Waals surface area (Å²) in [6, 6.07) is 43.2. The molecule has 4 unspecified atom stereocenters. The van der Waals surface area contributed by atoms with Gasteiger partial charge in [-0.25, -0.2) is 0 Å². The van der Waals surface area contributed by atoms with Crippen LogP contribution in [-0.4, -0.2) is 64.6 Å². The van der Waals surface area contributed by atoms with E-state index in [0.717, 1.165) is 49.4 Å². The summed E-state index contributed by atoms with van der Waals surface area (Å²) in [7, 11) is 0. The van der Waals surface area contributed by atoms with Crippen molar-refractivity contribution < 1.29 is 33.2 Å². The molecule has 1 aliphatic carbocycles. The van der Waals surface area contributed by atoms with E-state index in [1.165, 1.54) is 46.2 Å². The molecule has 4 aliphatic rings. The van der Waals surface area contributed by atoms with Gasteiger partial charge in [-0.3, -0.25) is 0 Å². The average Bonchev–Trinajstić information content (AvgIpc) is 3.98. The van der Waals surface area contributed by atoms with Gasteiger partial charge in [-0.2, -0.15) is 0 Å². The molecule has 0 N–H and O–H groups in total. The first-order valence-corrected chi connectivity index (χ1v) is 18.6. The fourth-order valence-electron chi connectivity index (χ4n) is 6.62. The van der Waals surface area contributed by atoms with E-state index in [-0.39, 0.29) is 30.1 Å². The van der Waals surface area contributed by atoms with E-state index < -0.39 is 0 Å². The molecule has 3 aliphatic heterocycles. The molecule has 0 spiro atoms. The average molecular weight is 697 g/mol. The van der Waals surface area contributed by atoms with Crippen LogP contribution in [0.2, 0.25) is 0 Å². The van der Waals surface area contributed by atoms with Gasteiger partial charge in [-0.1, -0.05) is 72.8 Å². The van der Waals surface area contributed by atoms with E-state index in [4.69, 9.17) is 33.2 Å². The molecule has 3 saturated heterocycles. The third-order valence-electron chi connectivity index (χ3n) is 10.2. The van der Waals surface area contributed by atoms with Crippen molar-refractivity contribution in [3.8, 4) is 23.0 Å². The molecule has 1 saturated carbocycles. The molecule has 0 bridgehead atoms. The van der Waals surface area contributed by atoms with Gasteiger partial charge in [0.25, 0.3) is 0 Å². The Labute approximate surface area is 305 Å². The molecule has 7 heteroatoms. The molecule has 0 aromatic heterocycles. The van der Waals surface area contributed by atoms with E-state index in [1.54, 1.807) is 0 Å². The van der Waals surface area contributed by atoms with Crippen LogP contribution in [-0.2, 0) is 14.2 Å². The molecular weight excluding hydrogens is 652 g/mol. The number of ether oxygens (including phenoxy) is 7. The Hall–Kier alpha value is -4.82. The lowest BCUT2D eigenvalue weighted by molar-refractivity contribution is 0.263. The highest BCUT2D eigenvalue weighted by Crippen LogP contribution is 2.38. The zero-order valence-corrected chi connectivity index (χ0v) is 29.2. The first kappa shape index (κ1) is 33.0. The highest BCUT2D eigenvalue weighted by molar-refractivity contribution is 5.50. The Morgan fingerprint density at radius 2 is 0.596 bits per heavy atom. The fraction of sp³-hybridized carbons (Fsp3) is 0.333. The van der Waals surface area contributed by atoms with Gasteiger partial charge in [-0.05, 0) is 101 Å². The molecule has 5 aromatic rings. The quantitative estimate of drug-likeness (QED) is 0.0676. The lowest BCUT2D eigenvalue weighted by Crippen LogP contribution is -2.08. The predicted molar refractivity (Wildman–Crippen MR) is 198 cm³/mol. The van der Waals surface area contributed by atoms with Crippen LogP contribution in [0.5, 0.6) is 23.0 Å². The van der Waals surface area contributed by atoms with Crippen molar-refractivity contribution in [2.45, 2.75) is 43.0 Å². The minimum absolute atomic E-state index is 0.0175. The van der Waals surface area contributed by atoms with Crippen molar-refractivity contribution in [1.29, 1.82) is 0 Å². The van der Waals surface area contributed by atoms with Crippen LogP contribution in [0.4, 0.5) is 0 Å². The summed E-state index contributed by atoms with van der Waals surface area (Å²) in [6.07, 6.45) is 3.20. The second-order valence-electron chi connectivity index (χ2n) is 14.4. The van der Waals surface area contributed by atoms with Crippen molar-refractivity contribution >= 4 is 0 Å². The predicted octanol–water partition coefficient (Wildman–Crippen LogP) is 8.17. The number of rotatable bonds is 18. The van der Waals surface area contributed by atoms with Crippen LogP contribution >= 0.6 is 0 Å². The Kier molecular flexibility index (Phi) is 9.55. The van der Waals surface area contributed by atoms with Crippen LogP contribution < -0.4 is 18.9 Å². The van der Waals surface area contributed by atoms with Gasteiger partial charge in [-0.15, -0.1) is 0 Å². The smallest absolute Gasteiger partial charge is 0.119 e. The van der Waals surface area contributed by atoms with E-state index in [9.17, 15) is 0 Å². The first-order chi connectivity index (χ1) is 25.7. The Balaban J connectivity index is 1.00. The minimum atomic E-state index is 0.0175. The second-order valence-corrected chi connectivity index (χ2v) is 14.4. The molecule has 0 radical (unpaired) electrons. The van der Waals surface area contributed by atoms with E-state index in [0.29, 0.717) is 25.7 Å². The third kappa shape index (κ3) is 8.61. The molecule has 266 valence electrons. The van der Waals surface area contributed by atoms with Crippen molar-refractivity contribution in [2.75, 3.05) is 46.2 Å². The largest absolute Gasteiger partial charge is 0.493 e. The number of benzene rings is 5. The van der Waals surface area contributed by atoms with Gasteiger partial charge in [0.2, 0.25) is 0 Å². The normalized spacial score (nSPS) is 21.1. The topological polar surface area (TPSA) is 74.5 Å². The number of epoxide rings is 3. The van der Waals surface area contributed by atoms with Crippen molar-refractivity contribution in [1.82, 2.24) is 0 Å². The van der Waals surface area contributed by atoms with Crippen molar-refractivity contribution in [2.24, 2.45) is 5.92 Å². The fourth-order valence-corrected chi connectivity index (χ4v) is 6.62. The van der Waals surface area contributed by atoms with E-state index in [2.05, 4.69) is 121 Å². The van der Waals surface area contributed by atoms with Crippen LogP contribution in [0.1, 0.15) is 58.1 Å². The summed E-state index contributed by atoms with van der Waals surface area (Å²) >= 11 is 0. The highest BCUT2D eigenvalue weighted by Gasteiger charge is 2.26. The summed E-state index contributed by atoms with van der Waals surface area (Å²) in [4.78, 5) is 0. The van der Waals surface area contributed by atoms with Gasteiger partial charge in [0, 0.05) is 11.8 Å². The zero-order valence-electron chi connectivity index (χ0n) is 29.2. The maximum atomic E-state index is 6.08. The second kappa shape index (κ2) is 15.0. The molecule has 52 heavy (non-hydrogen) atoms. The van der Waals surface area contributed by atoms with Crippen LogP contribution in [0.15, 0.2) is 121 Å². The SMILES string of the molecule is c1cc(C(c2ccc(OCC3CO3)cc2)c2ccc(C(c3ccc(OCC4CO4)cc3)c3ccc(OCC4CO4)cc3)cc2)ccc1OCC1CC1. The van der Waals surface area contributed by atoms with Crippen LogP contribution in [0, 0.1) is 5.92 Å². The number of hydrogen-bond acceptors (Lipinski definition) is 7. The van der Waals surface area contributed by atoms with Crippen molar-refractivity contribution in [3.63, 3.8) is 0 Å². The van der Waals surface area contributed by atoms with Crippen molar-refractivity contribution in [3.05, 3.63) is 155 Å². The summed E-state index contributed by atoms with van der Waals surface area (Å²) < 4.78 is 40.0.